The molecule has 0 amide bonds. The molecule has 5 nitrogen and oxygen atoms in total. The Hall–Kier alpha value is 2.09. The van der Waals surface area contributed by atoms with Crippen molar-refractivity contribution in [2.75, 3.05) is 0 Å². The Kier molecular flexibility index (Phi) is 14.2. The second-order valence-corrected chi connectivity index (χ2v) is 2.47. The molecule has 0 aliphatic rings. The van der Waals surface area contributed by atoms with Crippen LogP contribution in [-0.4, -0.2) is 69.1 Å². The SMILES string of the molecule is O.[BaH2].[OH][Ti]([OH])([OH])[OH]. The molecule has 0 unspecified atom stereocenters. The molecule has 0 aliphatic heterocycles. The monoisotopic (exact) mass is 274 g/mol. The first-order chi connectivity index (χ1) is 2.00. The molecule has 0 heterocycles. The van der Waals surface area contributed by atoms with E-state index in [0.29, 0.717) is 0 Å². The summed E-state index contributed by atoms with van der Waals surface area (Å²) in [6.07, 6.45) is 0. The van der Waals surface area contributed by atoms with Gasteiger partial charge in [0.2, 0.25) is 0 Å². The summed E-state index contributed by atoms with van der Waals surface area (Å²) in [6, 6.07) is 0. The van der Waals surface area contributed by atoms with Crippen LogP contribution >= 0.6 is 0 Å². The van der Waals surface area contributed by atoms with Crippen LogP contribution in [0, 0.1) is 0 Å². The molecule has 0 rings (SSSR count). The standard InChI is InChI=1S/Ba.5H2O.Ti.2H/h;5*1H2;;;/q;;;;;;+4;;/p-4. The summed E-state index contributed by atoms with van der Waals surface area (Å²) in [7, 11) is 0. The first kappa shape index (κ1) is 16.0. The van der Waals surface area contributed by atoms with E-state index in [1.54, 1.807) is 0 Å². The molecule has 0 aromatic rings. The molecule has 0 radical (unpaired) electrons. The van der Waals surface area contributed by atoms with E-state index in [4.69, 9.17) is 14.8 Å². The minimum atomic E-state index is -5.00. The van der Waals surface area contributed by atoms with Crippen LogP contribution in [0.25, 0.3) is 0 Å². The second-order valence-electron chi connectivity index (χ2n) is 0.600. The number of hydrogen-bond donors (Lipinski definition) is 4. The average molecular weight is 273 g/mol. The zero-order valence-corrected chi connectivity index (χ0v) is 4.35. The Morgan fingerprint density at radius 1 is 0.857 bits per heavy atom. The predicted molar refractivity (Wildman–Crippen MR) is 21.0 cm³/mol. The number of rotatable bonds is 0. The Bertz CT molecular complexity index is 23.6. The summed E-state index contributed by atoms with van der Waals surface area (Å²) < 4.78 is 29.5. The Morgan fingerprint density at radius 2 is 0.857 bits per heavy atom. The van der Waals surface area contributed by atoms with Crippen molar-refractivity contribution < 1.29 is 38.4 Å². The van der Waals surface area contributed by atoms with Crippen molar-refractivity contribution in [3.63, 3.8) is 0 Å². The van der Waals surface area contributed by atoms with Gasteiger partial charge >= 0.3 is 81.8 Å². The second kappa shape index (κ2) is 6.21. The zero-order valence-electron chi connectivity index (χ0n) is 2.79. The van der Waals surface area contributed by atoms with Crippen LogP contribution in [0.2, 0.25) is 0 Å². The molecular weight excluding hydrogens is 265 g/mol. The van der Waals surface area contributed by atoms with Crippen LogP contribution in [-0.2, 0) is 18.1 Å². The van der Waals surface area contributed by atoms with E-state index < -0.39 is 18.1 Å². The molecule has 0 fully saturated rings. The van der Waals surface area contributed by atoms with E-state index in [1.807, 2.05) is 0 Å². The van der Waals surface area contributed by atoms with Crippen LogP contribution in [0.15, 0.2) is 0 Å². The molecule has 0 bridgehead atoms. The van der Waals surface area contributed by atoms with Crippen molar-refractivity contribution in [1.82, 2.24) is 0 Å². The van der Waals surface area contributed by atoms with E-state index >= 15 is 0 Å². The summed E-state index contributed by atoms with van der Waals surface area (Å²) >= 11 is -5.00. The minimum absolute atomic E-state index is 0. The van der Waals surface area contributed by atoms with Gasteiger partial charge in [0.1, 0.15) is 0 Å². The third-order valence-electron chi connectivity index (χ3n) is 0. The Balaban J connectivity index is -0.0000000800. The van der Waals surface area contributed by atoms with E-state index in [2.05, 4.69) is 0 Å². The quantitative estimate of drug-likeness (QED) is 0.337. The van der Waals surface area contributed by atoms with Crippen molar-refractivity contribution in [3.05, 3.63) is 0 Å². The van der Waals surface area contributed by atoms with E-state index in [9.17, 15) is 0 Å². The summed E-state index contributed by atoms with van der Waals surface area (Å²) in [5.74, 6) is 0. The fraction of sp³-hybridized carbons (Fsp3) is 0. The third kappa shape index (κ3) is 68.8. The van der Waals surface area contributed by atoms with Gasteiger partial charge in [0.15, 0.2) is 0 Å². The first-order valence-corrected chi connectivity index (χ1v) is 3.69. The summed E-state index contributed by atoms with van der Waals surface area (Å²) in [5, 5.41) is 0. The van der Waals surface area contributed by atoms with Gasteiger partial charge < -0.3 is 5.48 Å². The average Bonchev–Trinajstić information content (AvgIpc) is 0.722. The Labute approximate surface area is 85.6 Å². The van der Waals surface area contributed by atoms with Gasteiger partial charge in [0.05, 0.1) is 0 Å². The van der Waals surface area contributed by atoms with Crippen molar-refractivity contribution in [2.24, 2.45) is 0 Å². The fourth-order valence-corrected chi connectivity index (χ4v) is 0. The maximum atomic E-state index is 7.38. The van der Waals surface area contributed by atoms with Gasteiger partial charge in [0.25, 0.3) is 0 Å². The molecule has 7 heavy (non-hydrogen) atoms. The molecule has 44 valence electrons. The van der Waals surface area contributed by atoms with Gasteiger partial charge in [-0.05, 0) is 0 Å². The van der Waals surface area contributed by atoms with Gasteiger partial charge in [0, 0.05) is 0 Å². The molecule has 0 saturated heterocycles. The van der Waals surface area contributed by atoms with Crippen molar-refractivity contribution >= 4 is 48.9 Å². The van der Waals surface area contributed by atoms with Crippen molar-refractivity contribution in [2.45, 2.75) is 0 Å². The third-order valence-corrected chi connectivity index (χ3v) is 0. The Morgan fingerprint density at radius 3 is 0.857 bits per heavy atom. The van der Waals surface area contributed by atoms with Gasteiger partial charge in [-0.15, -0.1) is 0 Å². The summed E-state index contributed by atoms with van der Waals surface area (Å²) in [4.78, 5) is 0. The van der Waals surface area contributed by atoms with E-state index in [1.165, 1.54) is 0 Å². The summed E-state index contributed by atoms with van der Waals surface area (Å²) in [5.41, 5.74) is 0. The van der Waals surface area contributed by atoms with Crippen LogP contribution in [0.3, 0.4) is 0 Å². The molecule has 0 aromatic carbocycles. The molecule has 0 aliphatic carbocycles. The predicted octanol–water partition coefficient (Wildman–Crippen LogP) is -3.97. The fourth-order valence-electron chi connectivity index (χ4n) is 0. The van der Waals surface area contributed by atoms with Crippen LogP contribution in [0.4, 0.5) is 0 Å². The molecule has 0 aromatic heterocycles. The van der Waals surface area contributed by atoms with Crippen molar-refractivity contribution in [1.29, 1.82) is 0 Å². The summed E-state index contributed by atoms with van der Waals surface area (Å²) in [6.45, 7) is 0. The molecule has 6 N–H and O–H groups in total. The topological polar surface area (TPSA) is 112 Å². The zero-order chi connectivity index (χ0) is 4.50. The van der Waals surface area contributed by atoms with Gasteiger partial charge in [-0.3, -0.25) is 0 Å². The molecule has 7 heteroatoms. The van der Waals surface area contributed by atoms with E-state index in [0.717, 1.165) is 0 Å². The van der Waals surface area contributed by atoms with Crippen LogP contribution < -0.4 is 0 Å². The molecule has 0 spiro atoms. The maximum absolute atomic E-state index is 7.38. The van der Waals surface area contributed by atoms with E-state index in [-0.39, 0.29) is 54.4 Å². The molecule has 0 atom stereocenters. The van der Waals surface area contributed by atoms with Gasteiger partial charge in [-0.1, -0.05) is 0 Å². The van der Waals surface area contributed by atoms with Gasteiger partial charge in [-0.2, -0.15) is 0 Å². The first-order valence-electron chi connectivity index (χ1n) is 0.894. The normalized spacial score (nSPS) is 8.57. The van der Waals surface area contributed by atoms with Crippen LogP contribution in [0.1, 0.15) is 0 Å². The molecular formula is H8BaO5Ti. The van der Waals surface area contributed by atoms with Crippen molar-refractivity contribution in [3.8, 4) is 0 Å². The molecule has 0 saturated carbocycles. The van der Waals surface area contributed by atoms with Crippen LogP contribution in [0.5, 0.6) is 0 Å². The van der Waals surface area contributed by atoms with Gasteiger partial charge in [-0.25, -0.2) is 0 Å². The number of hydrogen-bond acceptors (Lipinski definition) is 4.